The van der Waals surface area contributed by atoms with Gasteiger partial charge in [0.2, 0.25) is 11.8 Å². The lowest BCUT2D eigenvalue weighted by molar-refractivity contribution is -0.139. The van der Waals surface area contributed by atoms with Crippen LogP contribution in [-0.4, -0.2) is 47.0 Å². The number of para-hydroxylation sites is 1. The average Bonchev–Trinajstić information content (AvgIpc) is 2.77. The number of nitrogens with zero attached hydrogens (tertiary/aromatic N) is 1. The van der Waals surface area contributed by atoms with Crippen molar-refractivity contribution in [2.75, 3.05) is 6.54 Å². The van der Waals surface area contributed by atoms with Gasteiger partial charge in [0, 0.05) is 31.8 Å². The van der Waals surface area contributed by atoms with Crippen molar-refractivity contribution in [3.63, 3.8) is 0 Å². The van der Waals surface area contributed by atoms with Crippen LogP contribution in [0.4, 0.5) is 0 Å². The number of amides is 3. The summed E-state index contributed by atoms with van der Waals surface area (Å²) in [6.07, 6.45) is 4.22. The molecule has 144 valence electrons. The van der Waals surface area contributed by atoms with E-state index in [1.54, 1.807) is 30.0 Å². The Morgan fingerprint density at radius 1 is 1.30 bits per heavy atom. The highest BCUT2D eigenvalue weighted by Crippen LogP contribution is 2.34. The van der Waals surface area contributed by atoms with Gasteiger partial charge < -0.3 is 20.3 Å². The van der Waals surface area contributed by atoms with Crippen LogP contribution in [0.3, 0.4) is 0 Å². The van der Waals surface area contributed by atoms with E-state index in [4.69, 9.17) is 4.74 Å². The van der Waals surface area contributed by atoms with E-state index in [0.717, 1.165) is 19.3 Å². The number of hydrogen-bond acceptors (Lipinski definition) is 4. The molecule has 2 N–H and O–H groups in total. The first kappa shape index (κ1) is 17.8. The van der Waals surface area contributed by atoms with Gasteiger partial charge in [-0.25, -0.2) is 0 Å². The molecule has 7 heteroatoms. The van der Waals surface area contributed by atoms with E-state index < -0.39 is 11.8 Å². The van der Waals surface area contributed by atoms with Gasteiger partial charge in [-0.1, -0.05) is 12.1 Å². The molecule has 2 heterocycles. The number of nitrogens with one attached hydrogen (secondary N) is 2. The lowest BCUT2D eigenvalue weighted by atomic mass is 9.93. The van der Waals surface area contributed by atoms with Crippen molar-refractivity contribution in [1.29, 1.82) is 0 Å². The lowest BCUT2D eigenvalue weighted by Crippen LogP contribution is -2.56. The fourth-order valence-corrected chi connectivity index (χ4v) is 3.91. The van der Waals surface area contributed by atoms with Gasteiger partial charge in [-0.2, -0.15) is 0 Å². The molecule has 1 saturated carbocycles. The topological polar surface area (TPSA) is 87.7 Å². The predicted molar refractivity (Wildman–Crippen MR) is 98.1 cm³/mol. The third-order valence-corrected chi connectivity index (χ3v) is 5.90. The second kappa shape index (κ2) is 6.87. The Labute approximate surface area is 158 Å². The first-order valence-electron chi connectivity index (χ1n) is 9.68. The van der Waals surface area contributed by atoms with E-state index in [0.29, 0.717) is 30.7 Å². The van der Waals surface area contributed by atoms with Gasteiger partial charge >= 0.3 is 0 Å². The van der Waals surface area contributed by atoms with Crippen molar-refractivity contribution in [3.05, 3.63) is 29.8 Å². The molecule has 1 aliphatic carbocycles. The summed E-state index contributed by atoms with van der Waals surface area (Å²) in [4.78, 5) is 39.2. The number of rotatable bonds is 3. The van der Waals surface area contributed by atoms with Crippen LogP contribution in [0.1, 0.15) is 55.8 Å². The number of carbonyl (C=O) groups is 3. The summed E-state index contributed by atoms with van der Waals surface area (Å²) >= 11 is 0. The Hall–Kier alpha value is -2.57. The summed E-state index contributed by atoms with van der Waals surface area (Å²) in [5.74, 6) is 0.161. The standard InChI is InChI=1S/C20H25N3O4/c1-13(18(25)21-14-5-4-6-14)23-12-11-20(10-9-17(23)24)22-19(26)15-7-2-3-8-16(15)27-20/h2-3,7-8,13-14H,4-6,9-12H2,1H3,(H,21,25)(H,22,26)/t13-,20-/m1/s1. The van der Waals surface area contributed by atoms with Crippen LogP contribution < -0.4 is 15.4 Å². The van der Waals surface area contributed by atoms with Gasteiger partial charge in [0.1, 0.15) is 11.8 Å². The van der Waals surface area contributed by atoms with Crippen LogP contribution in [-0.2, 0) is 9.59 Å². The minimum Gasteiger partial charge on any atom is -0.467 e. The lowest BCUT2D eigenvalue weighted by Gasteiger charge is -2.38. The Morgan fingerprint density at radius 3 is 2.81 bits per heavy atom. The van der Waals surface area contributed by atoms with Gasteiger partial charge in [-0.05, 0) is 38.3 Å². The Bertz CT molecular complexity index is 776. The molecule has 4 rings (SSSR count). The van der Waals surface area contributed by atoms with Crippen LogP contribution in [0, 0.1) is 0 Å². The molecule has 0 radical (unpaired) electrons. The van der Waals surface area contributed by atoms with Crippen molar-refractivity contribution in [1.82, 2.24) is 15.5 Å². The molecule has 7 nitrogen and oxygen atoms in total. The maximum absolute atomic E-state index is 12.7. The first-order chi connectivity index (χ1) is 13.0. The summed E-state index contributed by atoms with van der Waals surface area (Å²) in [7, 11) is 0. The monoisotopic (exact) mass is 371 g/mol. The second-order valence-corrected chi connectivity index (χ2v) is 7.70. The molecule has 3 aliphatic rings. The number of hydrogen-bond donors (Lipinski definition) is 2. The number of fused-ring (bicyclic) bond motifs is 1. The van der Waals surface area contributed by atoms with Crippen LogP contribution >= 0.6 is 0 Å². The van der Waals surface area contributed by atoms with Gasteiger partial charge in [0.15, 0.2) is 5.72 Å². The average molecular weight is 371 g/mol. The van der Waals surface area contributed by atoms with Crippen molar-refractivity contribution >= 4 is 17.7 Å². The van der Waals surface area contributed by atoms with E-state index in [1.807, 2.05) is 6.07 Å². The molecular formula is C20H25N3O4. The minimum absolute atomic E-state index is 0.0835. The van der Waals surface area contributed by atoms with Crippen molar-refractivity contribution in [2.45, 2.75) is 63.3 Å². The van der Waals surface area contributed by atoms with Crippen LogP contribution in [0.15, 0.2) is 24.3 Å². The zero-order chi connectivity index (χ0) is 19.0. The Kier molecular flexibility index (Phi) is 4.53. The molecule has 0 bridgehead atoms. The third kappa shape index (κ3) is 3.38. The zero-order valence-electron chi connectivity index (χ0n) is 15.5. The first-order valence-corrected chi connectivity index (χ1v) is 9.68. The molecule has 0 aromatic heterocycles. The fraction of sp³-hybridized carbons (Fsp3) is 0.550. The number of ether oxygens (including phenoxy) is 1. The molecule has 0 unspecified atom stereocenters. The number of carbonyl (C=O) groups excluding carboxylic acids is 3. The maximum Gasteiger partial charge on any atom is 0.258 e. The molecule has 1 aromatic rings. The number of benzene rings is 1. The zero-order valence-corrected chi connectivity index (χ0v) is 15.5. The normalized spacial score (nSPS) is 26.3. The van der Waals surface area contributed by atoms with Crippen LogP contribution in [0.2, 0.25) is 0 Å². The molecular weight excluding hydrogens is 346 g/mol. The van der Waals surface area contributed by atoms with Gasteiger partial charge in [-0.3, -0.25) is 14.4 Å². The van der Waals surface area contributed by atoms with E-state index in [-0.39, 0.29) is 30.2 Å². The van der Waals surface area contributed by atoms with Crippen LogP contribution in [0.5, 0.6) is 5.75 Å². The van der Waals surface area contributed by atoms with E-state index >= 15 is 0 Å². The largest absolute Gasteiger partial charge is 0.467 e. The summed E-state index contributed by atoms with van der Waals surface area (Å²) in [5.41, 5.74) is -0.399. The second-order valence-electron chi connectivity index (χ2n) is 7.70. The number of likely N-dealkylation sites (tertiary alicyclic amines) is 1. The predicted octanol–water partition coefficient (Wildman–Crippen LogP) is 1.57. The molecule has 2 aliphatic heterocycles. The van der Waals surface area contributed by atoms with Crippen molar-refractivity contribution < 1.29 is 19.1 Å². The molecule has 1 saturated heterocycles. The van der Waals surface area contributed by atoms with Gasteiger partial charge in [-0.15, -0.1) is 0 Å². The highest BCUT2D eigenvalue weighted by Gasteiger charge is 2.43. The Balaban J connectivity index is 1.47. The van der Waals surface area contributed by atoms with Crippen molar-refractivity contribution in [2.24, 2.45) is 0 Å². The van der Waals surface area contributed by atoms with Crippen LogP contribution in [0.25, 0.3) is 0 Å². The highest BCUT2D eigenvalue weighted by molar-refractivity contribution is 5.98. The van der Waals surface area contributed by atoms with Gasteiger partial charge in [0.25, 0.3) is 5.91 Å². The molecule has 3 amide bonds. The maximum atomic E-state index is 12.7. The van der Waals surface area contributed by atoms with E-state index in [9.17, 15) is 14.4 Å². The Morgan fingerprint density at radius 2 is 2.07 bits per heavy atom. The fourth-order valence-electron chi connectivity index (χ4n) is 3.91. The minimum atomic E-state index is -0.903. The van der Waals surface area contributed by atoms with Crippen molar-refractivity contribution in [3.8, 4) is 5.75 Å². The molecule has 1 spiro atoms. The third-order valence-electron chi connectivity index (χ3n) is 5.90. The molecule has 2 fully saturated rings. The quantitative estimate of drug-likeness (QED) is 0.844. The highest BCUT2D eigenvalue weighted by atomic mass is 16.5. The summed E-state index contributed by atoms with van der Waals surface area (Å²) in [6.45, 7) is 2.13. The SMILES string of the molecule is C[C@H](C(=O)NC1CCC1)N1CC[C@]2(CCC1=O)NC(=O)c1ccccc1O2. The molecule has 1 aromatic carbocycles. The smallest absolute Gasteiger partial charge is 0.258 e. The summed E-state index contributed by atoms with van der Waals surface area (Å²) < 4.78 is 6.13. The van der Waals surface area contributed by atoms with E-state index in [1.165, 1.54) is 0 Å². The summed E-state index contributed by atoms with van der Waals surface area (Å²) in [5, 5.41) is 5.96. The van der Waals surface area contributed by atoms with Gasteiger partial charge in [0.05, 0.1) is 5.56 Å². The van der Waals surface area contributed by atoms with E-state index in [2.05, 4.69) is 10.6 Å². The molecule has 2 atom stereocenters. The molecule has 27 heavy (non-hydrogen) atoms. The summed E-state index contributed by atoms with van der Waals surface area (Å²) in [6, 6.07) is 6.82.